The van der Waals surface area contributed by atoms with E-state index in [9.17, 15) is 13.2 Å². The van der Waals surface area contributed by atoms with Gasteiger partial charge in [-0.3, -0.25) is 4.79 Å². The van der Waals surface area contributed by atoms with Gasteiger partial charge in [0.15, 0.2) is 15.6 Å². The first-order chi connectivity index (χ1) is 15.2. The molecule has 0 aliphatic carbocycles. The first kappa shape index (κ1) is 22.7. The molecular weight excluding hydrogens is 450 g/mol. The van der Waals surface area contributed by atoms with Crippen LogP contribution in [0.15, 0.2) is 40.8 Å². The minimum absolute atomic E-state index is 0.0417. The number of hydrogen-bond acceptors (Lipinski definition) is 5. The Labute approximate surface area is 193 Å². The molecule has 8 heteroatoms. The summed E-state index contributed by atoms with van der Waals surface area (Å²) in [6, 6.07) is 10.7. The molecule has 1 fully saturated rings. The smallest absolute Gasteiger partial charge is 0.290 e. The van der Waals surface area contributed by atoms with Gasteiger partial charge in [0.1, 0.15) is 11.3 Å². The zero-order valence-electron chi connectivity index (χ0n) is 18.4. The van der Waals surface area contributed by atoms with Gasteiger partial charge in [-0.2, -0.15) is 0 Å². The van der Waals surface area contributed by atoms with Gasteiger partial charge < -0.3 is 14.1 Å². The second-order valence-electron chi connectivity index (χ2n) is 8.22. The van der Waals surface area contributed by atoms with E-state index in [0.717, 1.165) is 22.3 Å². The molecule has 1 amide bonds. The number of rotatable bonds is 6. The Morgan fingerprint density at radius 3 is 2.56 bits per heavy atom. The number of hydrogen-bond donors (Lipinski definition) is 0. The van der Waals surface area contributed by atoms with Crippen molar-refractivity contribution in [2.24, 2.45) is 0 Å². The molecule has 0 saturated carbocycles. The molecule has 170 valence electrons. The first-order valence-electron chi connectivity index (χ1n) is 10.6. The molecule has 0 bridgehead atoms. The molecule has 2 heterocycles. The van der Waals surface area contributed by atoms with Crippen LogP contribution >= 0.6 is 11.6 Å². The van der Waals surface area contributed by atoms with Crippen LogP contribution in [0.4, 0.5) is 0 Å². The van der Waals surface area contributed by atoms with E-state index in [4.69, 9.17) is 20.8 Å². The Kier molecular flexibility index (Phi) is 6.23. The van der Waals surface area contributed by atoms with Crippen LogP contribution < -0.4 is 4.74 Å². The van der Waals surface area contributed by atoms with Crippen molar-refractivity contribution >= 4 is 38.3 Å². The van der Waals surface area contributed by atoms with E-state index >= 15 is 0 Å². The minimum Gasteiger partial charge on any atom is -0.494 e. The lowest BCUT2D eigenvalue weighted by atomic mass is 10.1. The molecule has 0 radical (unpaired) electrons. The molecule has 0 unspecified atom stereocenters. The van der Waals surface area contributed by atoms with Crippen LogP contribution in [0, 0.1) is 13.8 Å². The molecule has 0 spiro atoms. The minimum atomic E-state index is -3.17. The van der Waals surface area contributed by atoms with Crippen LogP contribution in [0.1, 0.15) is 40.6 Å². The summed E-state index contributed by atoms with van der Waals surface area (Å²) in [6.07, 6.45) is 0.412. The normalized spacial score (nSPS) is 17.6. The van der Waals surface area contributed by atoms with E-state index in [0.29, 0.717) is 29.2 Å². The lowest BCUT2D eigenvalue weighted by Gasteiger charge is -2.28. The van der Waals surface area contributed by atoms with Crippen LogP contribution in [0.25, 0.3) is 11.0 Å². The molecule has 1 saturated heterocycles. The number of carbonyl (C=O) groups excluding carboxylic acids is 1. The van der Waals surface area contributed by atoms with Gasteiger partial charge in [0.25, 0.3) is 5.91 Å². The molecule has 6 nitrogen and oxygen atoms in total. The Balaban J connectivity index is 1.70. The van der Waals surface area contributed by atoms with Gasteiger partial charge in [0.05, 0.1) is 18.1 Å². The molecule has 1 aliphatic rings. The molecule has 2 aromatic carbocycles. The Bertz CT molecular complexity index is 1260. The number of amides is 1. The molecule has 1 aliphatic heterocycles. The second kappa shape index (κ2) is 8.79. The average molecular weight is 476 g/mol. The summed E-state index contributed by atoms with van der Waals surface area (Å²) >= 11 is 6.27. The van der Waals surface area contributed by atoms with Gasteiger partial charge in [0.2, 0.25) is 0 Å². The summed E-state index contributed by atoms with van der Waals surface area (Å²) < 4.78 is 35.8. The van der Waals surface area contributed by atoms with Crippen LogP contribution in [0.2, 0.25) is 5.02 Å². The maximum absolute atomic E-state index is 13.7. The highest BCUT2D eigenvalue weighted by Gasteiger charge is 2.36. The van der Waals surface area contributed by atoms with Crippen LogP contribution in [-0.4, -0.2) is 43.4 Å². The third-order valence-electron chi connectivity index (χ3n) is 5.91. The summed E-state index contributed by atoms with van der Waals surface area (Å²) in [6.45, 7) is 6.47. The number of sulfone groups is 1. The van der Waals surface area contributed by atoms with Crippen molar-refractivity contribution < 1.29 is 22.4 Å². The lowest BCUT2D eigenvalue weighted by molar-refractivity contribution is 0.0649. The first-order valence-corrected chi connectivity index (χ1v) is 12.8. The van der Waals surface area contributed by atoms with Gasteiger partial charge >= 0.3 is 0 Å². The van der Waals surface area contributed by atoms with E-state index in [-0.39, 0.29) is 29.7 Å². The third kappa shape index (κ3) is 4.50. The number of ether oxygens (including phenoxy) is 1. The van der Waals surface area contributed by atoms with Gasteiger partial charge in [-0.25, -0.2) is 8.42 Å². The Hall–Kier alpha value is -2.51. The van der Waals surface area contributed by atoms with Crippen molar-refractivity contribution in [2.45, 2.75) is 39.8 Å². The fourth-order valence-corrected chi connectivity index (χ4v) is 6.01. The Morgan fingerprint density at radius 2 is 1.94 bits per heavy atom. The van der Waals surface area contributed by atoms with E-state index in [2.05, 4.69) is 0 Å². The summed E-state index contributed by atoms with van der Waals surface area (Å²) in [4.78, 5) is 15.3. The third-order valence-corrected chi connectivity index (χ3v) is 8.07. The zero-order valence-corrected chi connectivity index (χ0v) is 19.9. The number of benzene rings is 2. The quantitative estimate of drug-likeness (QED) is 0.505. The monoisotopic (exact) mass is 475 g/mol. The maximum atomic E-state index is 13.7. The van der Waals surface area contributed by atoms with E-state index in [1.54, 1.807) is 11.0 Å². The molecular formula is C24H26ClNO5S. The number of fused-ring (bicyclic) bond motifs is 1. The van der Waals surface area contributed by atoms with Crippen molar-refractivity contribution in [2.75, 3.05) is 18.1 Å². The fourth-order valence-electron chi connectivity index (χ4n) is 4.12. The fraction of sp³-hybridized carbons (Fsp3) is 0.375. The molecule has 3 aromatic rings. The topological polar surface area (TPSA) is 76.8 Å². The van der Waals surface area contributed by atoms with Gasteiger partial charge in [-0.05, 0) is 62.6 Å². The van der Waals surface area contributed by atoms with Gasteiger partial charge in [-0.1, -0.05) is 23.7 Å². The number of halogens is 1. The highest BCUT2D eigenvalue weighted by Crippen LogP contribution is 2.32. The van der Waals surface area contributed by atoms with E-state index in [1.807, 2.05) is 51.1 Å². The van der Waals surface area contributed by atoms with Crippen molar-refractivity contribution in [3.8, 4) is 5.75 Å². The number of furan rings is 1. The number of carbonyl (C=O) groups is 1. The Morgan fingerprint density at radius 1 is 1.22 bits per heavy atom. The van der Waals surface area contributed by atoms with E-state index in [1.165, 1.54) is 0 Å². The van der Waals surface area contributed by atoms with Crippen LogP contribution in [0.3, 0.4) is 0 Å². The van der Waals surface area contributed by atoms with E-state index < -0.39 is 15.9 Å². The standard InChI is InChI=1S/C24H26ClNO5S/c1-4-30-19-7-5-17(6-8-19)13-26(18-9-10-32(28,29)14-18)24(27)23-16(3)20-12-21(25)15(2)11-22(20)31-23/h5-8,11-12,18H,4,9-10,13-14H2,1-3H3/t18-/m1/s1. The van der Waals surface area contributed by atoms with Crippen LogP contribution in [-0.2, 0) is 16.4 Å². The SMILES string of the molecule is CCOc1ccc(CN(C(=O)c2oc3cc(C)c(Cl)cc3c2C)[C@@H]2CCS(=O)(=O)C2)cc1. The van der Waals surface area contributed by atoms with Crippen molar-refractivity contribution in [3.63, 3.8) is 0 Å². The predicted molar refractivity (Wildman–Crippen MR) is 125 cm³/mol. The largest absolute Gasteiger partial charge is 0.494 e. The highest BCUT2D eigenvalue weighted by atomic mass is 35.5. The molecule has 4 rings (SSSR count). The number of nitrogens with zero attached hydrogens (tertiary/aromatic N) is 1. The zero-order chi connectivity index (χ0) is 23.0. The van der Waals surface area contributed by atoms with Gasteiger partial charge in [-0.15, -0.1) is 0 Å². The average Bonchev–Trinajstić information content (AvgIpc) is 3.27. The van der Waals surface area contributed by atoms with Crippen molar-refractivity contribution in [3.05, 3.63) is 63.9 Å². The molecule has 32 heavy (non-hydrogen) atoms. The summed E-state index contributed by atoms with van der Waals surface area (Å²) in [5.41, 5.74) is 3.04. The van der Waals surface area contributed by atoms with Crippen molar-refractivity contribution in [1.29, 1.82) is 0 Å². The summed E-state index contributed by atoms with van der Waals surface area (Å²) in [5, 5.41) is 1.39. The predicted octanol–water partition coefficient (Wildman–Crippen LogP) is 4.93. The van der Waals surface area contributed by atoms with Crippen molar-refractivity contribution in [1.82, 2.24) is 4.90 Å². The summed E-state index contributed by atoms with van der Waals surface area (Å²) in [5.74, 6) is 0.692. The highest BCUT2D eigenvalue weighted by molar-refractivity contribution is 7.91. The van der Waals surface area contributed by atoms with Crippen LogP contribution in [0.5, 0.6) is 5.75 Å². The second-order valence-corrected chi connectivity index (χ2v) is 10.9. The molecule has 1 atom stereocenters. The maximum Gasteiger partial charge on any atom is 0.290 e. The molecule has 1 aromatic heterocycles. The summed E-state index contributed by atoms with van der Waals surface area (Å²) in [7, 11) is -3.17. The molecule has 0 N–H and O–H groups in total. The number of aryl methyl sites for hydroxylation is 2. The van der Waals surface area contributed by atoms with Gasteiger partial charge in [0, 0.05) is 28.6 Å². The lowest BCUT2D eigenvalue weighted by Crippen LogP contribution is -2.40.